The van der Waals surface area contributed by atoms with Crippen molar-refractivity contribution in [2.75, 3.05) is 39.5 Å². The number of rotatable bonds is 13. The summed E-state index contributed by atoms with van der Waals surface area (Å²) in [7, 11) is -3.67. The highest BCUT2D eigenvalue weighted by Crippen LogP contribution is 2.25. The van der Waals surface area contributed by atoms with Gasteiger partial charge in [0.1, 0.15) is 17.6 Å². The number of benzene rings is 3. The predicted octanol–water partition coefficient (Wildman–Crippen LogP) is 4.16. The highest BCUT2D eigenvalue weighted by molar-refractivity contribution is 7.89. The molecule has 1 atom stereocenters. The van der Waals surface area contributed by atoms with Crippen LogP contribution in [0.25, 0.3) is 0 Å². The SMILES string of the molecule is CC(C)CCNC(=O)[C@H](c1ccccc1)N(Cc1ccc(F)cc1)C(=O)COc1ccc(S(=O)(=O)N2CCOCC2)cc1. The minimum Gasteiger partial charge on any atom is -0.484 e. The van der Waals surface area contributed by atoms with Crippen LogP contribution in [-0.2, 0) is 30.9 Å². The Morgan fingerprint density at radius 3 is 2.26 bits per heavy atom. The van der Waals surface area contributed by atoms with Crippen molar-refractivity contribution < 1.29 is 31.9 Å². The summed E-state index contributed by atoms with van der Waals surface area (Å²) in [4.78, 5) is 28.9. The summed E-state index contributed by atoms with van der Waals surface area (Å²) in [5, 5.41) is 2.96. The van der Waals surface area contributed by atoms with Gasteiger partial charge in [0.15, 0.2) is 6.61 Å². The van der Waals surface area contributed by atoms with E-state index < -0.39 is 34.4 Å². The Kier molecular flexibility index (Phi) is 11.3. The number of nitrogens with one attached hydrogen (secondary N) is 1. The molecule has 1 N–H and O–H groups in total. The molecule has 230 valence electrons. The number of hydrogen-bond acceptors (Lipinski definition) is 6. The molecule has 1 heterocycles. The molecule has 11 heteroatoms. The Morgan fingerprint density at radius 1 is 0.977 bits per heavy atom. The lowest BCUT2D eigenvalue weighted by molar-refractivity contribution is -0.143. The predicted molar refractivity (Wildman–Crippen MR) is 160 cm³/mol. The molecule has 0 aromatic heterocycles. The van der Waals surface area contributed by atoms with E-state index in [1.54, 1.807) is 36.4 Å². The molecule has 3 aromatic rings. The Bertz CT molecular complexity index is 1440. The lowest BCUT2D eigenvalue weighted by Crippen LogP contribution is -2.45. The first-order valence-electron chi connectivity index (χ1n) is 14.3. The minimum atomic E-state index is -3.67. The first-order chi connectivity index (χ1) is 20.6. The molecule has 0 radical (unpaired) electrons. The number of amides is 2. The molecule has 1 saturated heterocycles. The lowest BCUT2D eigenvalue weighted by Gasteiger charge is -2.31. The zero-order valence-corrected chi connectivity index (χ0v) is 25.3. The molecular weight excluding hydrogens is 573 g/mol. The fourth-order valence-electron chi connectivity index (χ4n) is 4.67. The van der Waals surface area contributed by atoms with Crippen molar-refractivity contribution >= 4 is 21.8 Å². The van der Waals surface area contributed by atoms with Gasteiger partial charge in [0.25, 0.3) is 5.91 Å². The van der Waals surface area contributed by atoms with Crippen molar-refractivity contribution in [3.05, 3.63) is 95.8 Å². The van der Waals surface area contributed by atoms with E-state index >= 15 is 0 Å². The van der Waals surface area contributed by atoms with Crippen molar-refractivity contribution in [2.45, 2.75) is 37.8 Å². The van der Waals surface area contributed by atoms with Crippen molar-refractivity contribution in [1.82, 2.24) is 14.5 Å². The Balaban J connectivity index is 1.54. The quantitative estimate of drug-likeness (QED) is 0.311. The molecule has 1 aliphatic heterocycles. The second kappa shape index (κ2) is 15.1. The molecule has 0 bridgehead atoms. The third-order valence-electron chi connectivity index (χ3n) is 7.08. The average Bonchev–Trinajstić information content (AvgIpc) is 3.01. The fourth-order valence-corrected chi connectivity index (χ4v) is 6.08. The zero-order chi connectivity index (χ0) is 30.8. The molecule has 0 unspecified atom stereocenters. The van der Waals surface area contributed by atoms with Crippen LogP contribution in [0.3, 0.4) is 0 Å². The number of nitrogens with zero attached hydrogens (tertiary/aromatic N) is 2. The Hall–Kier alpha value is -3.80. The van der Waals surface area contributed by atoms with Gasteiger partial charge in [0, 0.05) is 26.2 Å². The summed E-state index contributed by atoms with van der Waals surface area (Å²) in [6.07, 6.45) is 0.777. The summed E-state index contributed by atoms with van der Waals surface area (Å²) in [5.41, 5.74) is 1.26. The van der Waals surface area contributed by atoms with Crippen molar-refractivity contribution in [2.24, 2.45) is 5.92 Å². The summed E-state index contributed by atoms with van der Waals surface area (Å²) in [6, 6.07) is 19.7. The molecule has 0 spiro atoms. The van der Waals surface area contributed by atoms with E-state index in [1.165, 1.54) is 45.6 Å². The smallest absolute Gasteiger partial charge is 0.261 e. The second-order valence-corrected chi connectivity index (χ2v) is 12.6. The van der Waals surface area contributed by atoms with Gasteiger partial charge in [0.2, 0.25) is 15.9 Å². The van der Waals surface area contributed by atoms with Crippen LogP contribution in [0.5, 0.6) is 5.75 Å². The molecule has 1 aliphatic rings. The number of ether oxygens (including phenoxy) is 2. The van der Waals surface area contributed by atoms with Gasteiger partial charge in [-0.2, -0.15) is 4.31 Å². The number of morpholine rings is 1. The third-order valence-corrected chi connectivity index (χ3v) is 8.99. The molecule has 1 fully saturated rings. The van der Waals surface area contributed by atoms with Gasteiger partial charge in [-0.05, 0) is 59.9 Å². The van der Waals surface area contributed by atoms with Gasteiger partial charge < -0.3 is 19.7 Å². The largest absolute Gasteiger partial charge is 0.484 e. The maximum Gasteiger partial charge on any atom is 0.261 e. The summed E-state index contributed by atoms with van der Waals surface area (Å²) >= 11 is 0. The van der Waals surface area contributed by atoms with E-state index in [-0.39, 0.29) is 30.4 Å². The first-order valence-corrected chi connectivity index (χ1v) is 15.8. The van der Waals surface area contributed by atoms with Crippen LogP contribution in [0.1, 0.15) is 37.4 Å². The summed E-state index contributed by atoms with van der Waals surface area (Å²) in [6.45, 7) is 5.47. The molecule has 3 aromatic carbocycles. The van der Waals surface area contributed by atoms with Crippen molar-refractivity contribution in [1.29, 1.82) is 0 Å². The van der Waals surface area contributed by atoms with Crippen LogP contribution in [0.4, 0.5) is 4.39 Å². The summed E-state index contributed by atoms with van der Waals surface area (Å²) < 4.78 is 51.9. The maximum atomic E-state index is 13.8. The van der Waals surface area contributed by atoms with Crippen LogP contribution >= 0.6 is 0 Å². The molecule has 2 amide bonds. The average molecular weight is 612 g/mol. The van der Waals surface area contributed by atoms with Gasteiger partial charge in [0.05, 0.1) is 18.1 Å². The van der Waals surface area contributed by atoms with Gasteiger partial charge in [-0.3, -0.25) is 9.59 Å². The number of sulfonamides is 1. The number of hydrogen-bond donors (Lipinski definition) is 1. The maximum absolute atomic E-state index is 13.8. The number of halogens is 1. The lowest BCUT2D eigenvalue weighted by atomic mass is 10.0. The number of carbonyl (C=O) groups excluding carboxylic acids is 2. The van der Waals surface area contributed by atoms with E-state index in [4.69, 9.17) is 9.47 Å². The van der Waals surface area contributed by atoms with E-state index in [0.29, 0.717) is 42.6 Å². The first kappa shape index (κ1) is 32.1. The number of carbonyl (C=O) groups is 2. The van der Waals surface area contributed by atoms with Crippen LogP contribution in [0.15, 0.2) is 83.8 Å². The van der Waals surface area contributed by atoms with Crippen LogP contribution in [0.2, 0.25) is 0 Å². The van der Waals surface area contributed by atoms with Crippen LogP contribution in [0, 0.1) is 11.7 Å². The van der Waals surface area contributed by atoms with Crippen molar-refractivity contribution in [3.8, 4) is 5.75 Å². The van der Waals surface area contributed by atoms with Crippen LogP contribution < -0.4 is 10.1 Å². The molecular formula is C32H38FN3O6S. The van der Waals surface area contributed by atoms with Crippen molar-refractivity contribution in [3.63, 3.8) is 0 Å². The monoisotopic (exact) mass is 611 g/mol. The van der Waals surface area contributed by atoms with E-state index in [9.17, 15) is 22.4 Å². The van der Waals surface area contributed by atoms with E-state index in [0.717, 1.165) is 6.42 Å². The minimum absolute atomic E-state index is 0.0381. The Morgan fingerprint density at radius 2 is 1.63 bits per heavy atom. The summed E-state index contributed by atoms with van der Waals surface area (Å²) in [5.74, 6) is -0.526. The zero-order valence-electron chi connectivity index (χ0n) is 24.4. The fraction of sp³-hybridized carbons (Fsp3) is 0.375. The topological polar surface area (TPSA) is 105 Å². The molecule has 0 aliphatic carbocycles. The standard InChI is InChI=1S/C32H38FN3O6S/c1-24(2)16-17-34-32(38)31(26-6-4-3-5-7-26)36(22-25-8-10-27(33)11-9-25)30(37)23-42-28-12-14-29(15-13-28)43(39,40)35-18-20-41-21-19-35/h3-15,24,31H,16-23H2,1-2H3,(H,34,38)/t31-/m0/s1. The van der Waals surface area contributed by atoms with Gasteiger partial charge >= 0.3 is 0 Å². The van der Waals surface area contributed by atoms with Gasteiger partial charge in [-0.15, -0.1) is 0 Å². The second-order valence-electron chi connectivity index (χ2n) is 10.7. The highest BCUT2D eigenvalue weighted by Gasteiger charge is 2.32. The molecule has 0 saturated carbocycles. The van der Waals surface area contributed by atoms with Gasteiger partial charge in [-0.1, -0.05) is 56.3 Å². The van der Waals surface area contributed by atoms with Gasteiger partial charge in [-0.25, -0.2) is 12.8 Å². The Labute approximate surface area is 252 Å². The highest BCUT2D eigenvalue weighted by atomic mass is 32.2. The third kappa shape index (κ3) is 8.85. The normalized spacial score (nSPS) is 14.7. The molecule has 4 rings (SSSR count). The molecule has 9 nitrogen and oxygen atoms in total. The molecule has 43 heavy (non-hydrogen) atoms. The van der Waals surface area contributed by atoms with E-state index in [1.807, 2.05) is 6.07 Å². The van der Waals surface area contributed by atoms with E-state index in [2.05, 4.69) is 19.2 Å². The van der Waals surface area contributed by atoms with Crippen LogP contribution in [-0.4, -0.2) is 68.9 Å².